The molecule has 3 rings (SSSR count). The number of aromatic nitrogens is 4. The first-order valence-electron chi connectivity index (χ1n) is 8.66. The maximum Gasteiger partial charge on any atom is 0.333 e. The number of hydrogen-bond donors (Lipinski definition) is 1. The van der Waals surface area contributed by atoms with Crippen molar-refractivity contribution in [3.8, 4) is 0 Å². The molecule has 0 spiro atoms. The Hall–Kier alpha value is -3.42. The second-order valence-electron chi connectivity index (χ2n) is 6.04. The van der Waals surface area contributed by atoms with Crippen LogP contribution in [-0.2, 0) is 24.4 Å². The molecule has 1 N–H and O–H groups in total. The van der Waals surface area contributed by atoms with Gasteiger partial charge in [-0.1, -0.05) is 36.4 Å². The molecule has 0 aliphatic heterocycles. The fourth-order valence-electron chi connectivity index (χ4n) is 2.91. The number of rotatable bonds is 7. The summed E-state index contributed by atoms with van der Waals surface area (Å²) >= 11 is 0. The van der Waals surface area contributed by atoms with Crippen LogP contribution in [0.3, 0.4) is 0 Å². The fourth-order valence-corrected chi connectivity index (χ4v) is 2.91. The summed E-state index contributed by atoms with van der Waals surface area (Å²) in [4.78, 5) is 42.2. The third kappa shape index (κ3) is 3.59. The van der Waals surface area contributed by atoms with Gasteiger partial charge in [-0.3, -0.25) is 14.2 Å². The third-order valence-electron chi connectivity index (χ3n) is 4.25. The van der Waals surface area contributed by atoms with Crippen LogP contribution in [0.25, 0.3) is 11.2 Å². The number of hydrogen-bond acceptors (Lipinski definition) is 4. The van der Waals surface area contributed by atoms with Gasteiger partial charge in [-0.2, -0.15) is 0 Å². The van der Waals surface area contributed by atoms with Gasteiger partial charge in [0.25, 0.3) is 5.56 Å². The molecule has 0 atom stereocenters. The Morgan fingerprint density at radius 1 is 1.22 bits per heavy atom. The van der Waals surface area contributed by atoms with Crippen molar-refractivity contribution < 1.29 is 4.79 Å². The normalized spacial score (nSPS) is 10.9. The van der Waals surface area contributed by atoms with Crippen LogP contribution in [0.4, 0.5) is 0 Å². The topological polar surface area (TPSA) is 90.9 Å². The van der Waals surface area contributed by atoms with Crippen molar-refractivity contribution in [1.29, 1.82) is 0 Å². The van der Waals surface area contributed by atoms with Crippen LogP contribution < -0.4 is 16.6 Å². The van der Waals surface area contributed by atoms with Gasteiger partial charge >= 0.3 is 5.69 Å². The van der Waals surface area contributed by atoms with Crippen LogP contribution in [0.15, 0.2) is 58.9 Å². The Labute approximate surface area is 155 Å². The number of nitrogens with one attached hydrogen (secondary N) is 1. The Kier molecular flexibility index (Phi) is 5.35. The van der Waals surface area contributed by atoms with Crippen molar-refractivity contribution in [3.63, 3.8) is 0 Å². The minimum atomic E-state index is -0.563. The van der Waals surface area contributed by atoms with E-state index in [2.05, 4.69) is 16.9 Å². The second-order valence-corrected chi connectivity index (χ2v) is 6.04. The van der Waals surface area contributed by atoms with Crippen LogP contribution in [0.2, 0.25) is 0 Å². The molecule has 2 heterocycles. The number of fused-ring (bicyclic) bond motifs is 1. The molecule has 8 nitrogen and oxygen atoms in total. The number of benzene rings is 1. The Morgan fingerprint density at radius 2 is 1.96 bits per heavy atom. The molecule has 8 heteroatoms. The largest absolute Gasteiger partial charge is 0.351 e. The van der Waals surface area contributed by atoms with E-state index in [4.69, 9.17) is 0 Å². The lowest BCUT2D eigenvalue weighted by molar-refractivity contribution is -0.121. The molecular weight excluding hydrogens is 346 g/mol. The molecule has 1 aromatic carbocycles. The summed E-state index contributed by atoms with van der Waals surface area (Å²) in [5.74, 6) is -0.428. The summed E-state index contributed by atoms with van der Waals surface area (Å²) in [6.45, 7) is 6.10. The van der Waals surface area contributed by atoms with Gasteiger partial charge in [0.1, 0.15) is 6.54 Å². The van der Waals surface area contributed by atoms with Crippen LogP contribution >= 0.6 is 0 Å². The van der Waals surface area contributed by atoms with E-state index in [1.165, 1.54) is 17.0 Å². The molecule has 27 heavy (non-hydrogen) atoms. The molecule has 0 saturated heterocycles. The van der Waals surface area contributed by atoms with E-state index in [0.29, 0.717) is 17.7 Å². The number of aryl methyl sites for hydroxylation is 1. The summed E-state index contributed by atoms with van der Waals surface area (Å²) in [7, 11) is 0. The van der Waals surface area contributed by atoms with Gasteiger partial charge in [-0.05, 0) is 12.5 Å². The Bertz CT molecular complexity index is 1090. The fraction of sp³-hybridized carbons (Fsp3) is 0.263. The van der Waals surface area contributed by atoms with E-state index >= 15 is 0 Å². The SMILES string of the molecule is C=CCNC(=O)Cn1c(=O)c2c(ncn2CC)n(Cc2ccccc2)c1=O. The van der Waals surface area contributed by atoms with Crippen molar-refractivity contribution in [2.24, 2.45) is 0 Å². The number of amides is 1. The van der Waals surface area contributed by atoms with Crippen molar-refractivity contribution in [2.75, 3.05) is 6.54 Å². The van der Waals surface area contributed by atoms with E-state index in [0.717, 1.165) is 10.1 Å². The second kappa shape index (κ2) is 7.86. The molecule has 0 saturated carbocycles. The summed E-state index contributed by atoms with van der Waals surface area (Å²) in [6.07, 6.45) is 3.07. The van der Waals surface area contributed by atoms with Crippen molar-refractivity contribution in [2.45, 2.75) is 26.6 Å². The van der Waals surface area contributed by atoms with Gasteiger partial charge < -0.3 is 9.88 Å². The number of carbonyl (C=O) groups is 1. The lowest BCUT2D eigenvalue weighted by Gasteiger charge is -2.12. The first kappa shape index (κ1) is 18.4. The van der Waals surface area contributed by atoms with Crippen molar-refractivity contribution in [1.82, 2.24) is 24.0 Å². The maximum atomic E-state index is 13.0. The van der Waals surface area contributed by atoms with Gasteiger partial charge in [-0.15, -0.1) is 6.58 Å². The molecule has 0 aliphatic carbocycles. The van der Waals surface area contributed by atoms with E-state index in [1.54, 1.807) is 4.57 Å². The molecule has 0 bridgehead atoms. The summed E-state index contributed by atoms with van der Waals surface area (Å²) in [5, 5.41) is 2.59. The zero-order chi connectivity index (χ0) is 19.4. The Balaban J connectivity index is 2.17. The number of imidazole rings is 1. The summed E-state index contributed by atoms with van der Waals surface area (Å²) < 4.78 is 4.06. The molecule has 0 fully saturated rings. The highest BCUT2D eigenvalue weighted by atomic mass is 16.2. The van der Waals surface area contributed by atoms with E-state index < -0.39 is 17.2 Å². The zero-order valence-electron chi connectivity index (χ0n) is 15.1. The number of carbonyl (C=O) groups excluding carboxylic acids is 1. The van der Waals surface area contributed by atoms with Crippen LogP contribution in [0, 0.1) is 0 Å². The van der Waals surface area contributed by atoms with Crippen LogP contribution in [0.1, 0.15) is 12.5 Å². The molecular formula is C19H21N5O3. The standard InChI is InChI=1S/C19H21N5O3/c1-3-10-20-15(25)12-24-18(26)16-17(21-13-22(16)4-2)23(19(24)27)11-14-8-6-5-7-9-14/h3,5-9,13H,1,4,10-12H2,2H3,(H,20,25). The van der Waals surface area contributed by atoms with Gasteiger partial charge in [-0.25, -0.2) is 14.3 Å². The zero-order valence-corrected chi connectivity index (χ0v) is 15.1. The molecule has 3 aromatic rings. The monoisotopic (exact) mass is 367 g/mol. The highest BCUT2D eigenvalue weighted by Crippen LogP contribution is 2.09. The highest BCUT2D eigenvalue weighted by Gasteiger charge is 2.19. The molecule has 0 radical (unpaired) electrons. The first-order valence-corrected chi connectivity index (χ1v) is 8.66. The van der Waals surface area contributed by atoms with Crippen molar-refractivity contribution >= 4 is 17.1 Å². The molecule has 140 valence electrons. The lowest BCUT2D eigenvalue weighted by atomic mass is 10.2. The van der Waals surface area contributed by atoms with Gasteiger partial charge in [0.15, 0.2) is 11.2 Å². The van der Waals surface area contributed by atoms with Gasteiger partial charge in [0.2, 0.25) is 5.91 Å². The van der Waals surface area contributed by atoms with Crippen molar-refractivity contribution in [3.05, 3.63) is 75.7 Å². The average molecular weight is 367 g/mol. The average Bonchev–Trinajstić information content (AvgIpc) is 3.12. The van der Waals surface area contributed by atoms with Crippen LogP contribution in [0.5, 0.6) is 0 Å². The maximum absolute atomic E-state index is 13.0. The summed E-state index contributed by atoms with van der Waals surface area (Å²) in [5.41, 5.74) is 0.440. The predicted molar refractivity (Wildman–Crippen MR) is 103 cm³/mol. The first-order chi connectivity index (χ1) is 13.1. The van der Waals surface area contributed by atoms with Crippen LogP contribution in [-0.4, -0.2) is 31.1 Å². The lowest BCUT2D eigenvalue weighted by Crippen LogP contribution is -2.44. The quantitative estimate of drug-likeness (QED) is 0.623. The van der Waals surface area contributed by atoms with Gasteiger partial charge in [0.05, 0.1) is 12.9 Å². The smallest absolute Gasteiger partial charge is 0.333 e. The summed E-state index contributed by atoms with van der Waals surface area (Å²) in [6, 6.07) is 9.42. The molecule has 0 unspecified atom stereocenters. The van der Waals surface area contributed by atoms with E-state index in [-0.39, 0.29) is 19.6 Å². The molecule has 1 amide bonds. The molecule has 2 aromatic heterocycles. The third-order valence-corrected chi connectivity index (χ3v) is 4.25. The minimum Gasteiger partial charge on any atom is -0.351 e. The Morgan fingerprint density at radius 3 is 2.63 bits per heavy atom. The highest BCUT2D eigenvalue weighted by molar-refractivity contribution is 5.76. The minimum absolute atomic E-state index is 0.255. The molecule has 0 aliphatic rings. The van der Waals surface area contributed by atoms with Gasteiger partial charge in [0, 0.05) is 13.1 Å². The van der Waals surface area contributed by atoms with E-state index in [9.17, 15) is 14.4 Å². The predicted octanol–water partition coefficient (Wildman–Crippen LogP) is 0.730. The number of nitrogens with zero attached hydrogens (tertiary/aromatic N) is 4. The van der Waals surface area contributed by atoms with E-state index in [1.807, 2.05) is 37.3 Å².